The third-order valence-electron chi connectivity index (χ3n) is 3.84. The average Bonchev–Trinajstić information content (AvgIpc) is 2.85. The lowest BCUT2D eigenvalue weighted by Gasteiger charge is -2.19. The number of aliphatic hydroxyl groups is 1. The summed E-state index contributed by atoms with van der Waals surface area (Å²) >= 11 is 12.3. The topological polar surface area (TPSA) is 47.3 Å². The zero-order valence-electron chi connectivity index (χ0n) is 13.6. The molecule has 0 aliphatic carbocycles. The van der Waals surface area contributed by atoms with E-state index in [1.54, 1.807) is 13.2 Å². The van der Waals surface area contributed by atoms with Crippen molar-refractivity contribution in [1.82, 2.24) is 9.78 Å². The van der Waals surface area contributed by atoms with Gasteiger partial charge in [-0.3, -0.25) is 4.68 Å². The molecule has 0 spiro atoms. The Morgan fingerprint density at radius 1 is 1.17 bits per heavy atom. The van der Waals surface area contributed by atoms with Crippen LogP contribution in [0.5, 0.6) is 0 Å². The smallest absolute Gasteiger partial charge is 0.111 e. The van der Waals surface area contributed by atoms with Gasteiger partial charge in [-0.15, -0.1) is 0 Å². The maximum Gasteiger partial charge on any atom is 0.111 e. The van der Waals surface area contributed by atoms with Crippen LogP contribution in [0, 0.1) is 0 Å². The zero-order chi connectivity index (χ0) is 17.0. The number of methoxy groups -OCH3 is 1. The van der Waals surface area contributed by atoms with Crippen LogP contribution in [0.4, 0.5) is 0 Å². The first-order valence-corrected chi connectivity index (χ1v) is 8.49. The van der Waals surface area contributed by atoms with Gasteiger partial charge in [-0.2, -0.15) is 5.10 Å². The van der Waals surface area contributed by atoms with Crippen LogP contribution < -0.4 is 0 Å². The Morgan fingerprint density at radius 2 is 1.83 bits per heavy atom. The Morgan fingerprint density at radius 3 is 2.30 bits per heavy atom. The van der Waals surface area contributed by atoms with E-state index in [1.807, 2.05) is 16.8 Å². The summed E-state index contributed by atoms with van der Waals surface area (Å²) in [5.74, 6) is 0. The van der Waals surface area contributed by atoms with E-state index in [-0.39, 0.29) is 12.7 Å². The van der Waals surface area contributed by atoms with Crippen LogP contribution in [-0.2, 0) is 24.1 Å². The number of nitrogens with zero attached hydrogens (tertiary/aromatic N) is 2. The largest absolute Gasteiger partial charge is 0.394 e. The van der Waals surface area contributed by atoms with E-state index in [1.165, 1.54) is 0 Å². The van der Waals surface area contributed by atoms with Gasteiger partial charge < -0.3 is 9.84 Å². The highest BCUT2D eigenvalue weighted by Crippen LogP contribution is 2.34. The lowest BCUT2D eigenvalue weighted by Crippen LogP contribution is -2.11. The van der Waals surface area contributed by atoms with Crippen molar-refractivity contribution in [2.45, 2.75) is 39.3 Å². The highest BCUT2D eigenvalue weighted by molar-refractivity contribution is 6.34. The number of hydrogen-bond acceptors (Lipinski definition) is 3. The number of hydrogen-bond donors (Lipinski definition) is 1. The zero-order valence-corrected chi connectivity index (χ0v) is 15.2. The molecule has 0 radical (unpaired) electrons. The second-order valence-corrected chi connectivity index (χ2v) is 6.15. The number of halogens is 2. The second kappa shape index (κ2) is 8.15. The molecule has 0 aliphatic rings. The molecule has 4 nitrogen and oxygen atoms in total. The molecule has 0 fully saturated rings. The van der Waals surface area contributed by atoms with E-state index in [0.29, 0.717) is 16.6 Å². The maximum absolute atomic E-state index is 9.27. The summed E-state index contributed by atoms with van der Waals surface area (Å²) in [4.78, 5) is 0. The van der Waals surface area contributed by atoms with Gasteiger partial charge in [0.15, 0.2) is 0 Å². The van der Waals surface area contributed by atoms with Crippen LogP contribution in [0.2, 0.25) is 10.0 Å². The molecule has 126 valence electrons. The van der Waals surface area contributed by atoms with Gasteiger partial charge in [-0.1, -0.05) is 37.0 Å². The van der Waals surface area contributed by atoms with Crippen molar-refractivity contribution in [1.29, 1.82) is 0 Å². The van der Waals surface area contributed by atoms with Gasteiger partial charge in [-0.05, 0) is 36.6 Å². The summed E-state index contributed by atoms with van der Waals surface area (Å²) in [5.41, 5.74) is 3.99. The molecule has 1 heterocycles. The van der Waals surface area contributed by atoms with E-state index in [4.69, 9.17) is 27.9 Å². The Bertz CT molecular complexity index is 651. The van der Waals surface area contributed by atoms with Crippen molar-refractivity contribution < 1.29 is 9.84 Å². The first-order chi connectivity index (χ1) is 11.0. The number of ether oxygens (including phenoxy) is 1. The Hall–Kier alpha value is -1.07. The molecular formula is C17H22Cl2N2O2. The second-order valence-electron chi connectivity index (χ2n) is 5.28. The van der Waals surface area contributed by atoms with Gasteiger partial charge in [0.05, 0.1) is 18.8 Å². The number of aliphatic hydroxyl groups excluding tert-OH is 1. The van der Waals surface area contributed by atoms with Crippen LogP contribution in [-0.4, -0.2) is 28.6 Å². The van der Waals surface area contributed by atoms with E-state index < -0.39 is 0 Å². The number of benzene rings is 1. The summed E-state index contributed by atoms with van der Waals surface area (Å²) in [5, 5.41) is 15.1. The van der Waals surface area contributed by atoms with Gasteiger partial charge in [-0.25, -0.2) is 0 Å². The van der Waals surface area contributed by atoms with Gasteiger partial charge in [0.2, 0.25) is 0 Å². The number of aryl methyl sites for hydroxylation is 1. The summed E-state index contributed by atoms with van der Waals surface area (Å²) in [7, 11) is 1.67. The van der Waals surface area contributed by atoms with Gasteiger partial charge in [0, 0.05) is 28.4 Å². The first-order valence-electron chi connectivity index (χ1n) is 7.73. The SMILES string of the molecule is CCc1nn(CCO)c(CC)c1C(OC)c1cc(Cl)cc(Cl)c1. The fourth-order valence-corrected chi connectivity index (χ4v) is 3.47. The van der Waals surface area contributed by atoms with Crippen molar-refractivity contribution in [3.8, 4) is 0 Å². The monoisotopic (exact) mass is 356 g/mol. The predicted molar refractivity (Wildman–Crippen MR) is 93.4 cm³/mol. The van der Waals surface area contributed by atoms with Crippen LogP contribution in [0.15, 0.2) is 18.2 Å². The maximum atomic E-state index is 9.27. The third kappa shape index (κ3) is 3.89. The molecule has 6 heteroatoms. The minimum atomic E-state index is -0.288. The Kier molecular flexibility index (Phi) is 6.48. The highest BCUT2D eigenvalue weighted by Gasteiger charge is 2.25. The summed E-state index contributed by atoms with van der Waals surface area (Å²) in [6, 6.07) is 5.43. The van der Waals surface area contributed by atoms with Gasteiger partial charge in [0.25, 0.3) is 0 Å². The highest BCUT2D eigenvalue weighted by atomic mass is 35.5. The van der Waals surface area contributed by atoms with E-state index >= 15 is 0 Å². The van der Waals surface area contributed by atoms with Crippen LogP contribution in [0.25, 0.3) is 0 Å². The van der Waals surface area contributed by atoms with Crippen LogP contribution >= 0.6 is 23.2 Å². The summed E-state index contributed by atoms with van der Waals surface area (Å²) in [6.45, 7) is 4.67. The van der Waals surface area contributed by atoms with E-state index in [2.05, 4.69) is 18.9 Å². The molecule has 0 bridgehead atoms. The normalized spacial score (nSPS) is 12.6. The Balaban J connectivity index is 2.60. The standard InChI is InChI=1S/C17H22Cl2N2O2/c1-4-14-16(15(5-2)21(20-14)6-7-22)17(23-3)11-8-12(18)10-13(19)9-11/h8-10,17,22H,4-7H2,1-3H3. The first kappa shape index (κ1) is 18.3. The molecule has 2 aromatic rings. The van der Waals surface area contributed by atoms with E-state index in [9.17, 15) is 5.11 Å². The third-order valence-corrected chi connectivity index (χ3v) is 4.28. The van der Waals surface area contributed by atoms with Crippen molar-refractivity contribution >= 4 is 23.2 Å². The van der Waals surface area contributed by atoms with Crippen LogP contribution in [0.1, 0.15) is 42.5 Å². The molecule has 1 unspecified atom stereocenters. The van der Waals surface area contributed by atoms with Crippen molar-refractivity contribution in [3.63, 3.8) is 0 Å². The summed E-state index contributed by atoms with van der Waals surface area (Å²) in [6.07, 6.45) is 1.30. The van der Waals surface area contributed by atoms with E-state index in [0.717, 1.165) is 35.4 Å². The van der Waals surface area contributed by atoms with Crippen LogP contribution in [0.3, 0.4) is 0 Å². The molecular weight excluding hydrogens is 335 g/mol. The quantitative estimate of drug-likeness (QED) is 0.814. The molecule has 1 N–H and O–H groups in total. The minimum absolute atomic E-state index is 0.0535. The van der Waals surface area contributed by atoms with Gasteiger partial charge in [0.1, 0.15) is 6.10 Å². The molecule has 0 saturated carbocycles. The molecule has 0 aliphatic heterocycles. The number of aromatic nitrogens is 2. The fraction of sp³-hybridized carbons (Fsp3) is 0.471. The predicted octanol–water partition coefficient (Wildman–Crippen LogP) is 4.04. The summed E-state index contributed by atoms with van der Waals surface area (Å²) < 4.78 is 7.64. The molecule has 1 aromatic heterocycles. The molecule has 1 aromatic carbocycles. The average molecular weight is 357 g/mol. The molecule has 0 amide bonds. The van der Waals surface area contributed by atoms with Crippen molar-refractivity contribution in [2.75, 3.05) is 13.7 Å². The minimum Gasteiger partial charge on any atom is -0.394 e. The molecule has 0 saturated heterocycles. The molecule has 2 rings (SSSR count). The lowest BCUT2D eigenvalue weighted by atomic mass is 9.97. The van der Waals surface area contributed by atoms with Crippen molar-refractivity contribution in [2.24, 2.45) is 0 Å². The fourth-order valence-electron chi connectivity index (χ4n) is 2.93. The van der Waals surface area contributed by atoms with Crippen molar-refractivity contribution in [3.05, 3.63) is 50.8 Å². The Labute approximate surface area is 147 Å². The number of rotatable bonds is 7. The molecule has 23 heavy (non-hydrogen) atoms. The van der Waals surface area contributed by atoms with Gasteiger partial charge >= 0.3 is 0 Å². The lowest BCUT2D eigenvalue weighted by molar-refractivity contribution is 0.135. The molecule has 1 atom stereocenters.